The molecule has 0 spiro atoms. The maximum atomic E-state index is 12.8. The Kier molecular flexibility index (Phi) is 4.20. The summed E-state index contributed by atoms with van der Waals surface area (Å²) >= 11 is 0. The molecule has 0 radical (unpaired) electrons. The first kappa shape index (κ1) is 15.7. The minimum Gasteiger partial charge on any atom is -0.369 e. The molecule has 0 aromatic carbocycles. The third-order valence-electron chi connectivity index (χ3n) is 3.75. The zero-order valence-corrected chi connectivity index (χ0v) is 12.5. The number of hydrogen-bond acceptors (Lipinski definition) is 3. The normalized spacial score (nSPS) is 19.3. The molecule has 0 amide bonds. The number of aromatic amines is 1. The second-order valence-corrected chi connectivity index (χ2v) is 6.20. The van der Waals surface area contributed by atoms with E-state index in [0.717, 1.165) is 4.57 Å². The highest BCUT2D eigenvalue weighted by molar-refractivity contribution is 5.33. The van der Waals surface area contributed by atoms with E-state index in [9.17, 15) is 18.4 Å². The summed E-state index contributed by atoms with van der Waals surface area (Å²) in [5, 5.41) is 3.00. The predicted octanol–water partition coefficient (Wildman–Crippen LogP) is 2.35. The van der Waals surface area contributed by atoms with Crippen molar-refractivity contribution in [2.75, 3.05) is 5.32 Å². The number of H-pyrrole nitrogens is 1. The summed E-state index contributed by atoms with van der Waals surface area (Å²) in [6.45, 7) is 5.36. The highest BCUT2D eigenvalue weighted by Crippen LogP contribution is 2.44. The lowest BCUT2D eigenvalue weighted by Crippen LogP contribution is -2.39. The first-order valence-corrected chi connectivity index (χ1v) is 7.18. The number of anilines is 1. The summed E-state index contributed by atoms with van der Waals surface area (Å²) < 4.78 is 26.7. The van der Waals surface area contributed by atoms with Crippen molar-refractivity contribution in [2.45, 2.75) is 58.0 Å². The van der Waals surface area contributed by atoms with Crippen molar-refractivity contribution in [3.8, 4) is 0 Å². The Morgan fingerprint density at radius 1 is 1.38 bits per heavy atom. The van der Waals surface area contributed by atoms with Crippen LogP contribution in [0.5, 0.6) is 0 Å². The van der Waals surface area contributed by atoms with Crippen LogP contribution in [-0.2, 0) is 0 Å². The van der Waals surface area contributed by atoms with Gasteiger partial charge in [-0.25, -0.2) is 13.6 Å². The van der Waals surface area contributed by atoms with Gasteiger partial charge in [-0.05, 0) is 33.1 Å². The average molecular weight is 301 g/mol. The lowest BCUT2D eigenvalue weighted by atomic mass is 9.78. The molecule has 0 aliphatic heterocycles. The molecule has 2 N–H and O–H groups in total. The second-order valence-electron chi connectivity index (χ2n) is 6.20. The number of nitrogens with zero attached hydrogens (tertiary/aromatic N) is 1. The number of aromatic nitrogens is 2. The van der Waals surface area contributed by atoms with Crippen LogP contribution in [0.25, 0.3) is 0 Å². The topological polar surface area (TPSA) is 66.9 Å². The van der Waals surface area contributed by atoms with Crippen molar-refractivity contribution < 1.29 is 8.78 Å². The van der Waals surface area contributed by atoms with Crippen molar-refractivity contribution in [3.05, 3.63) is 26.9 Å². The lowest BCUT2D eigenvalue weighted by molar-refractivity contribution is -0.112. The fourth-order valence-electron chi connectivity index (χ4n) is 2.85. The maximum absolute atomic E-state index is 12.8. The largest absolute Gasteiger partial charge is 0.369 e. The molecule has 0 saturated heterocycles. The van der Waals surface area contributed by atoms with Gasteiger partial charge in [0.05, 0.1) is 0 Å². The summed E-state index contributed by atoms with van der Waals surface area (Å²) in [5.74, 6) is -2.19. The van der Waals surface area contributed by atoms with Gasteiger partial charge in [0, 0.05) is 31.0 Å². The molecule has 2 rings (SSSR count). The highest BCUT2D eigenvalue weighted by atomic mass is 19.3. The van der Waals surface area contributed by atoms with E-state index < -0.39 is 11.6 Å². The first-order chi connectivity index (χ1) is 9.68. The summed E-state index contributed by atoms with van der Waals surface area (Å²) in [5.41, 5.74) is -0.846. The monoisotopic (exact) mass is 301 g/mol. The quantitative estimate of drug-likeness (QED) is 0.877. The van der Waals surface area contributed by atoms with Crippen LogP contribution in [0.4, 0.5) is 14.6 Å². The molecule has 1 saturated carbocycles. The average Bonchev–Trinajstić information content (AvgIpc) is 2.23. The fourth-order valence-corrected chi connectivity index (χ4v) is 2.85. The van der Waals surface area contributed by atoms with Crippen LogP contribution in [0.15, 0.2) is 15.7 Å². The molecule has 21 heavy (non-hydrogen) atoms. The molecular formula is C14H21F2N3O2. The molecule has 1 fully saturated rings. The summed E-state index contributed by atoms with van der Waals surface area (Å²) in [6.07, 6.45) is 0.430. The van der Waals surface area contributed by atoms with Crippen LogP contribution in [0.1, 0.15) is 46.1 Å². The van der Waals surface area contributed by atoms with E-state index in [4.69, 9.17) is 0 Å². The zero-order chi connectivity index (χ0) is 15.8. The summed E-state index contributed by atoms with van der Waals surface area (Å²) in [4.78, 5) is 26.3. The van der Waals surface area contributed by atoms with Gasteiger partial charge in [-0.1, -0.05) is 0 Å². The third-order valence-corrected chi connectivity index (χ3v) is 3.75. The molecule has 1 atom stereocenters. The van der Waals surface area contributed by atoms with Crippen molar-refractivity contribution in [2.24, 2.45) is 5.92 Å². The minimum absolute atomic E-state index is 0.00902. The smallest absolute Gasteiger partial charge is 0.330 e. The van der Waals surface area contributed by atoms with E-state index >= 15 is 0 Å². The minimum atomic E-state index is -2.52. The van der Waals surface area contributed by atoms with E-state index in [1.54, 1.807) is 13.8 Å². The van der Waals surface area contributed by atoms with E-state index in [1.165, 1.54) is 6.07 Å². The zero-order valence-electron chi connectivity index (χ0n) is 12.5. The number of nitrogens with one attached hydrogen (secondary N) is 2. The van der Waals surface area contributed by atoms with Gasteiger partial charge in [-0.2, -0.15) is 0 Å². The van der Waals surface area contributed by atoms with E-state index in [2.05, 4.69) is 10.3 Å². The standard InChI is InChI=1S/C14H21F2N3O2/c1-8(2)19-12(20)5-11(18-13(19)21)17-9(3)4-10-6-14(15,16)7-10/h5,8-10,17H,4,6-7H2,1-3H3,(H,18,21)/t9-/m0/s1. The van der Waals surface area contributed by atoms with E-state index in [-0.39, 0.29) is 36.4 Å². The Morgan fingerprint density at radius 2 is 2.00 bits per heavy atom. The summed E-state index contributed by atoms with van der Waals surface area (Å²) in [7, 11) is 0. The molecule has 1 aromatic heterocycles. The fraction of sp³-hybridized carbons (Fsp3) is 0.714. The SMILES string of the molecule is CC(C)n1c(=O)cc(N[C@@H](C)CC2CC(F)(F)C2)[nH]c1=O. The van der Waals surface area contributed by atoms with Gasteiger partial charge >= 0.3 is 5.69 Å². The Balaban J connectivity index is 2.00. The molecule has 1 aliphatic carbocycles. The van der Waals surface area contributed by atoms with E-state index in [1.807, 2.05) is 6.92 Å². The first-order valence-electron chi connectivity index (χ1n) is 7.18. The molecule has 0 bridgehead atoms. The predicted molar refractivity (Wildman–Crippen MR) is 77.1 cm³/mol. The van der Waals surface area contributed by atoms with Crippen molar-refractivity contribution in [3.63, 3.8) is 0 Å². The van der Waals surface area contributed by atoms with Crippen LogP contribution in [0, 0.1) is 5.92 Å². The Labute approximate surface area is 121 Å². The van der Waals surface area contributed by atoms with Gasteiger partial charge in [-0.15, -0.1) is 0 Å². The molecule has 1 aliphatic rings. The molecule has 1 aromatic rings. The molecule has 7 heteroatoms. The van der Waals surface area contributed by atoms with Crippen LogP contribution >= 0.6 is 0 Å². The van der Waals surface area contributed by atoms with Crippen LogP contribution in [-0.4, -0.2) is 21.5 Å². The van der Waals surface area contributed by atoms with Crippen LogP contribution < -0.4 is 16.6 Å². The number of alkyl halides is 2. The highest BCUT2D eigenvalue weighted by Gasteiger charge is 2.45. The molecular weight excluding hydrogens is 280 g/mol. The lowest BCUT2D eigenvalue weighted by Gasteiger charge is -2.36. The molecule has 1 heterocycles. The molecule has 0 unspecified atom stereocenters. The Hall–Kier alpha value is -1.66. The summed E-state index contributed by atoms with van der Waals surface area (Å²) in [6, 6.07) is 1.02. The molecule has 118 valence electrons. The number of hydrogen-bond donors (Lipinski definition) is 2. The van der Waals surface area contributed by atoms with Gasteiger partial charge < -0.3 is 5.32 Å². The Bertz CT molecular complexity index is 582. The molecule has 5 nitrogen and oxygen atoms in total. The van der Waals surface area contributed by atoms with E-state index in [0.29, 0.717) is 12.2 Å². The van der Waals surface area contributed by atoms with Crippen molar-refractivity contribution in [1.82, 2.24) is 9.55 Å². The number of halogens is 2. The van der Waals surface area contributed by atoms with Crippen molar-refractivity contribution >= 4 is 5.82 Å². The van der Waals surface area contributed by atoms with Crippen LogP contribution in [0.2, 0.25) is 0 Å². The second kappa shape index (κ2) is 5.61. The third kappa shape index (κ3) is 3.71. The van der Waals surface area contributed by atoms with Gasteiger partial charge in [0.15, 0.2) is 0 Å². The Morgan fingerprint density at radius 3 is 2.48 bits per heavy atom. The van der Waals surface area contributed by atoms with Crippen molar-refractivity contribution in [1.29, 1.82) is 0 Å². The van der Waals surface area contributed by atoms with Gasteiger partial charge in [0.25, 0.3) is 5.56 Å². The van der Waals surface area contributed by atoms with Crippen LogP contribution in [0.3, 0.4) is 0 Å². The van der Waals surface area contributed by atoms with Gasteiger partial charge in [0.2, 0.25) is 5.92 Å². The van der Waals surface area contributed by atoms with Gasteiger partial charge in [-0.3, -0.25) is 14.3 Å². The maximum Gasteiger partial charge on any atom is 0.330 e. The van der Waals surface area contributed by atoms with Gasteiger partial charge in [0.1, 0.15) is 5.82 Å². The number of rotatable bonds is 5.